The minimum Gasteiger partial charge on any atom is -0.322 e. The van der Waals surface area contributed by atoms with Crippen LogP contribution in [0.3, 0.4) is 0 Å². The maximum Gasteiger partial charge on any atom is 0.257 e. The number of halogens is 1. The van der Waals surface area contributed by atoms with Gasteiger partial charge >= 0.3 is 0 Å². The maximum atomic E-state index is 13.0. The van der Waals surface area contributed by atoms with Gasteiger partial charge in [0.1, 0.15) is 6.33 Å². The van der Waals surface area contributed by atoms with E-state index in [0.29, 0.717) is 31.9 Å². The standard InChI is InChI=1S/C25H22ClN5O3S/c26-22-15-19(35(33,34)31-12-10-27-11-13-31)8-9-20(22)25(32)30-18-5-3-4-17(14-18)24-21-6-1-2-7-23(21)28-16-29-24/h1-9,14-16,27H,10-13H2,(H,30,32). The second-order valence-electron chi connectivity index (χ2n) is 8.07. The van der Waals surface area contributed by atoms with Crippen molar-refractivity contribution in [2.75, 3.05) is 31.5 Å². The van der Waals surface area contributed by atoms with E-state index < -0.39 is 15.9 Å². The minimum absolute atomic E-state index is 0.0664. The summed E-state index contributed by atoms with van der Waals surface area (Å²) < 4.78 is 27.2. The summed E-state index contributed by atoms with van der Waals surface area (Å²) in [6, 6.07) is 19.2. The number of nitrogens with zero attached hydrogens (tertiary/aromatic N) is 3. The fourth-order valence-corrected chi connectivity index (χ4v) is 5.85. The van der Waals surface area contributed by atoms with Crippen molar-refractivity contribution < 1.29 is 13.2 Å². The average Bonchev–Trinajstić information content (AvgIpc) is 2.89. The third kappa shape index (κ3) is 4.76. The Kier molecular flexibility index (Phi) is 6.48. The lowest BCUT2D eigenvalue weighted by atomic mass is 10.1. The quantitative estimate of drug-likeness (QED) is 0.426. The van der Waals surface area contributed by atoms with Gasteiger partial charge in [-0.3, -0.25) is 4.79 Å². The molecule has 1 aliphatic heterocycles. The normalized spacial score (nSPS) is 14.7. The van der Waals surface area contributed by atoms with E-state index in [9.17, 15) is 13.2 Å². The SMILES string of the molecule is O=C(Nc1cccc(-c2ncnc3ccccc23)c1)c1ccc(S(=O)(=O)N2CCNCC2)cc1Cl. The summed E-state index contributed by atoms with van der Waals surface area (Å²) in [5.74, 6) is -0.439. The molecule has 1 fully saturated rings. The first-order valence-corrected chi connectivity index (χ1v) is 12.9. The fraction of sp³-hybridized carbons (Fsp3) is 0.160. The van der Waals surface area contributed by atoms with Crippen LogP contribution in [0.4, 0.5) is 5.69 Å². The summed E-state index contributed by atoms with van der Waals surface area (Å²) in [5.41, 5.74) is 3.15. The molecular weight excluding hydrogens is 486 g/mol. The van der Waals surface area contributed by atoms with Crippen LogP contribution < -0.4 is 10.6 Å². The third-order valence-electron chi connectivity index (χ3n) is 5.84. The number of hydrogen-bond acceptors (Lipinski definition) is 6. The Bertz CT molecular complexity index is 1520. The molecule has 8 nitrogen and oxygen atoms in total. The number of para-hydroxylation sites is 1. The van der Waals surface area contributed by atoms with Crippen LogP contribution in [0, 0.1) is 0 Å². The highest BCUT2D eigenvalue weighted by Gasteiger charge is 2.27. The van der Waals surface area contributed by atoms with Gasteiger partial charge < -0.3 is 10.6 Å². The summed E-state index contributed by atoms with van der Waals surface area (Å²) >= 11 is 6.35. The van der Waals surface area contributed by atoms with E-state index in [-0.39, 0.29) is 15.5 Å². The maximum absolute atomic E-state index is 13.0. The Hall–Kier alpha value is -3.37. The molecule has 35 heavy (non-hydrogen) atoms. The summed E-state index contributed by atoms with van der Waals surface area (Å²) in [6.07, 6.45) is 1.51. The summed E-state index contributed by atoms with van der Waals surface area (Å²) in [4.78, 5) is 21.8. The lowest BCUT2D eigenvalue weighted by Crippen LogP contribution is -2.46. The lowest BCUT2D eigenvalue weighted by molar-refractivity contribution is 0.102. The largest absolute Gasteiger partial charge is 0.322 e. The number of rotatable bonds is 5. The van der Waals surface area contributed by atoms with Gasteiger partial charge in [-0.25, -0.2) is 18.4 Å². The van der Waals surface area contributed by atoms with Crippen molar-refractivity contribution in [3.8, 4) is 11.3 Å². The Morgan fingerprint density at radius 2 is 1.77 bits per heavy atom. The van der Waals surface area contributed by atoms with Gasteiger partial charge in [-0.1, -0.05) is 41.9 Å². The Morgan fingerprint density at radius 1 is 0.971 bits per heavy atom. The Balaban J connectivity index is 1.38. The molecule has 2 N–H and O–H groups in total. The van der Waals surface area contributed by atoms with Crippen LogP contribution in [0.2, 0.25) is 5.02 Å². The molecule has 1 aliphatic rings. The molecule has 0 atom stereocenters. The first kappa shape index (κ1) is 23.4. The molecule has 1 amide bonds. The van der Waals surface area contributed by atoms with E-state index in [1.54, 1.807) is 6.07 Å². The molecule has 0 saturated carbocycles. The van der Waals surface area contributed by atoms with Gasteiger partial charge in [-0.2, -0.15) is 4.31 Å². The van der Waals surface area contributed by atoms with E-state index in [1.165, 1.54) is 28.8 Å². The molecule has 0 unspecified atom stereocenters. The van der Waals surface area contributed by atoms with E-state index in [2.05, 4.69) is 20.6 Å². The topological polar surface area (TPSA) is 104 Å². The van der Waals surface area contributed by atoms with Crippen LogP contribution in [-0.2, 0) is 10.0 Å². The minimum atomic E-state index is -3.67. The van der Waals surface area contributed by atoms with Gasteiger partial charge in [-0.05, 0) is 36.4 Å². The van der Waals surface area contributed by atoms with Gasteiger partial charge in [0, 0.05) is 42.8 Å². The predicted octanol–water partition coefficient (Wildman–Crippen LogP) is 3.80. The number of nitrogens with one attached hydrogen (secondary N) is 2. The molecule has 4 aromatic rings. The monoisotopic (exact) mass is 507 g/mol. The second-order valence-corrected chi connectivity index (χ2v) is 10.4. The van der Waals surface area contributed by atoms with E-state index in [4.69, 9.17) is 11.6 Å². The van der Waals surface area contributed by atoms with Crippen molar-refractivity contribution in [2.24, 2.45) is 0 Å². The summed E-state index contributed by atoms with van der Waals surface area (Å²) in [5, 5.41) is 6.94. The number of fused-ring (bicyclic) bond motifs is 1. The molecule has 0 spiro atoms. The van der Waals surface area contributed by atoms with Crippen LogP contribution in [-0.4, -0.2) is 54.8 Å². The Labute approximate surface area is 208 Å². The van der Waals surface area contributed by atoms with Gasteiger partial charge in [0.05, 0.1) is 26.7 Å². The van der Waals surface area contributed by atoms with Gasteiger partial charge in [0.15, 0.2) is 0 Å². The number of piperazine rings is 1. The summed E-state index contributed by atoms with van der Waals surface area (Å²) in [7, 11) is -3.67. The van der Waals surface area contributed by atoms with Gasteiger partial charge in [0.2, 0.25) is 10.0 Å². The number of benzene rings is 3. The molecule has 1 aromatic heterocycles. The number of carbonyl (C=O) groups is 1. The molecular formula is C25H22ClN5O3S. The molecule has 178 valence electrons. The van der Waals surface area contributed by atoms with Gasteiger partial charge in [-0.15, -0.1) is 0 Å². The third-order valence-corrected chi connectivity index (χ3v) is 8.04. The van der Waals surface area contributed by atoms with Gasteiger partial charge in [0.25, 0.3) is 5.91 Å². The van der Waals surface area contributed by atoms with Crippen LogP contribution in [0.5, 0.6) is 0 Å². The molecule has 10 heteroatoms. The Morgan fingerprint density at radius 3 is 2.57 bits per heavy atom. The number of aromatic nitrogens is 2. The zero-order valence-corrected chi connectivity index (χ0v) is 20.2. The molecule has 3 aromatic carbocycles. The van der Waals surface area contributed by atoms with Crippen LogP contribution >= 0.6 is 11.6 Å². The average molecular weight is 508 g/mol. The number of carbonyl (C=O) groups excluding carboxylic acids is 1. The van der Waals surface area contributed by atoms with Crippen LogP contribution in [0.15, 0.2) is 78.0 Å². The number of hydrogen-bond donors (Lipinski definition) is 2. The zero-order valence-electron chi connectivity index (χ0n) is 18.6. The highest BCUT2D eigenvalue weighted by Crippen LogP contribution is 2.28. The van der Waals surface area contributed by atoms with Crippen LogP contribution in [0.1, 0.15) is 10.4 Å². The zero-order chi connectivity index (χ0) is 24.4. The van der Waals surface area contributed by atoms with Crippen molar-refractivity contribution in [2.45, 2.75) is 4.90 Å². The molecule has 0 radical (unpaired) electrons. The molecule has 5 rings (SSSR count). The van der Waals surface area contributed by atoms with E-state index in [0.717, 1.165) is 22.2 Å². The van der Waals surface area contributed by atoms with Crippen molar-refractivity contribution >= 4 is 44.1 Å². The van der Waals surface area contributed by atoms with Crippen LogP contribution in [0.25, 0.3) is 22.2 Å². The first-order chi connectivity index (χ1) is 16.9. The van der Waals surface area contributed by atoms with Crippen molar-refractivity contribution in [1.29, 1.82) is 0 Å². The van der Waals surface area contributed by atoms with Crippen molar-refractivity contribution in [3.63, 3.8) is 0 Å². The lowest BCUT2D eigenvalue weighted by Gasteiger charge is -2.26. The summed E-state index contributed by atoms with van der Waals surface area (Å²) in [6.45, 7) is 1.97. The predicted molar refractivity (Wildman–Crippen MR) is 136 cm³/mol. The van der Waals surface area contributed by atoms with E-state index >= 15 is 0 Å². The highest BCUT2D eigenvalue weighted by atomic mass is 35.5. The van der Waals surface area contributed by atoms with Crippen molar-refractivity contribution in [1.82, 2.24) is 19.6 Å². The molecule has 0 bridgehead atoms. The molecule has 0 aliphatic carbocycles. The number of anilines is 1. The highest BCUT2D eigenvalue weighted by molar-refractivity contribution is 7.89. The molecule has 1 saturated heterocycles. The fourth-order valence-electron chi connectivity index (χ4n) is 4.05. The smallest absolute Gasteiger partial charge is 0.257 e. The first-order valence-electron chi connectivity index (χ1n) is 11.1. The number of amides is 1. The van der Waals surface area contributed by atoms with Crippen molar-refractivity contribution in [3.05, 3.63) is 83.6 Å². The number of sulfonamides is 1. The molecule has 2 heterocycles. The van der Waals surface area contributed by atoms with E-state index in [1.807, 2.05) is 42.5 Å². The second kappa shape index (κ2) is 9.71.